The summed E-state index contributed by atoms with van der Waals surface area (Å²) in [5.41, 5.74) is 4.90. The molecule has 20 heavy (non-hydrogen) atoms. The lowest BCUT2D eigenvalue weighted by Gasteiger charge is -2.18. The molecule has 1 saturated heterocycles. The van der Waals surface area contributed by atoms with E-state index in [-0.39, 0.29) is 11.5 Å². The van der Waals surface area contributed by atoms with Crippen LogP contribution in [0.1, 0.15) is 16.7 Å². The number of amides is 2. The first-order valence-corrected chi connectivity index (χ1v) is 5.70. The van der Waals surface area contributed by atoms with Crippen molar-refractivity contribution in [3.8, 4) is 0 Å². The standard InChI is InChI=1S/C10H14N4O6/c11-8(19)5-9(13-3-16)14(2-12-5)10-7(18)6(17)4(1-15)20-10/h2-4,6-7,10,15,17-18H,1H2,(H2,11,19)(H,13,16)/t4-,6-,7-,10-/m0/s1. The molecule has 110 valence electrons. The Morgan fingerprint density at radius 1 is 1.55 bits per heavy atom. The number of carbonyl (C=O) groups excluding carboxylic acids is 2. The molecule has 1 fully saturated rings. The van der Waals surface area contributed by atoms with Crippen molar-refractivity contribution >= 4 is 18.1 Å². The fraction of sp³-hybridized carbons (Fsp3) is 0.500. The molecule has 0 aliphatic carbocycles. The topological polar surface area (TPSA) is 160 Å². The highest BCUT2D eigenvalue weighted by atomic mass is 16.6. The van der Waals surface area contributed by atoms with Gasteiger partial charge in [-0.05, 0) is 0 Å². The monoisotopic (exact) mass is 286 g/mol. The summed E-state index contributed by atoms with van der Waals surface area (Å²) in [6, 6.07) is 0. The smallest absolute Gasteiger partial charge is 0.271 e. The van der Waals surface area contributed by atoms with Crippen LogP contribution in [-0.2, 0) is 9.53 Å². The Morgan fingerprint density at radius 3 is 2.75 bits per heavy atom. The number of hydrogen-bond donors (Lipinski definition) is 5. The molecule has 1 aromatic rings. The van der Waals surface area contributed by atoms with Crippen LogP contribution in [0.3, 0.4) is 0 Å². The first-order chi connectivity index (χ1) is 9.51. The molecule has 1 aliphatic heterocycles. The molecule has 0 saturated carbocycles. The van der Waals surface area contributed by atoms with Crippen molar-refractivity contribution in [2.45, 2.75) is 24.5 Å². The van der Waals surface area contributed by atoms with Gasteiger partial charge in [-0.3, -0.25) is 14.2 Å². The van der Waals surface area contributed by atoms with Gasteiger partial charge in [0, 0.05) is 0 Å². The zero-order valence-electron chi connectivity index (χ0n) is 10.2. The lowest BCUT2D eigenvalue weighted by atomic mass is 10.1. The van der Waals surface area contributed by atoms with Crippen LogP contribution in [-0.4, -0.2) is 62.1 Å². The Kier molecular flexibility index (Phi) is 3.99. The van der Waals surface area contributed by atoms with Gasteiger partial charge in [-0.15, -0.1) is 0 Å². The number of aliphatic hydroxyl groups excluding tert-OH is 3. The van der Waals surface area contributed by atoms with Gasteiger partial charge in [0.1, 0.15) is 24.1 Å². The van der Waals surface area contributed by atoms with Crippen LogP contribution in [0.25, 0.3) is 0 Å². The predicted octanol–water partition coefficient (Wildman–Crippen LogP) is -2.84. The summed E-state index contributed by atoms with van der Waals surface area (Å²) in [6.07, 6.45) is -3.35. The maximum absolute atomic E-state index is 11.2. The number of nitrogens with zero attached hydrogens (tertiary/aromatic N) is 2. The van der Waals surface area contributed by atoms with Gasteiger partial charge in [-0.2, -0.15) is 0 Å². The number of ether oxygens (including phenoxy) is 1. The Hall–Kier alpha value is -2.01. The van der Waals surface area contributed by atoms with E-state index in [4.69, 9.17) is 15.6 Å². The van der Waals surface area contributed by atoms with Gasteiger partial charge in [-0.25, -0.2) is 4.98 Å². The second-order valence-electron chi connectivity index (χ2n) is 4.20. The molecule has 1 aromatic heterocycles. The van der Waals surface area contributed by atoms with E-state index < -0.39 is 37.1 Å². The van der Waals surface area contributed by atoms with E-state index in [0.717, 1.165) is 10.9 Å². The molecule has 10 heteroatoms. The predicted molar refractivity (Wildman–Crippen MR) is 63.4 cm³/mol. The highest BCUT2D eigenvalue weighted by molar-refractivity contribution is 5.97. The highest BCUT2D eigenvalue weighted by Crippen LogP contribution is 2.32. The van der Waals surface area contributed by atoms with Crippen molar-refractivity contribution in [1.82, 2.24) is 9.55 Å². The molecule has 0 radical (unpaired) electrons. The summed E-state index contributed by atoms with van der Waals surface area (Å²) in [7, 11) is 0. The van der Waals surface area contributed by atoms with Gasteiger partial charge in [0.05, 0.1) is 12.9 Å². The molecule has 0 bridgehead atoms. The third-order valence-electron chi connectivity index (χ3n) is 3.01. The number of anilines is 1. The SMILES string of the molecule is NC(=O)c1ncn([C@H]2O[C@@H](CO)[C@H](O)[C@@H]2O)c1NC=O. The summed E-state index contributed by atoms with van der Waals surface area (Å²) in [5, 5.41) is 30.8. The van der Waals surface area contributed by atoms with Crippen LogP contribution in [0.5, 0.6) is 0 Å². The van der Waals surface area contributed by atoms with Crippen LogP contribution in [0.15, 0.2) is 6.33 Å². The maximum Gasteiger partial charge on any atom is 0.271 e. The third-order valence-corrected chi connectivity index (χ3v) is 3.01. The summed E-state index contributed by atoms with van der Waals surface area (Å²) in [5.74, 6) is -0.942. The number of nitrogens with two attached hydrogens (primary N) is 1. The second-order valence-corrected chi connectivity index (χ2v) is 4.20. The molecule has 2 amide bonds. The minimum absolute atomic E-state index is 0.0673. The summed E-state index contributed by atoms with van der Waals surface area (Å²) < 4.78 is 6.42. The van der Waals surface area contributed by atoms with Gasteiger partial charge in [-0.1, -0.05) is 0 Å². The van der Waals surface area contributed by atoms with Crippen molar-refractivity contribution in [1.29, 1.82) is 0 Å². The van der Waals surface area contributed by atoms with Gasteiger partial charge in [0.2, 0.25) is 6.41 Å². The molecule has 6 N–H and O–H groups in total. The Bertz CT molecular complexity index is 518. The normalized spacial score (nSPS) is 29.4. The Labute approximate surface area is 112 Å². The van der Waals surface area contributed by atoms with E-state index in [1.54, 1.807) is 0 Å². The maximum atomic E-state index is 11.2. The van der Waals surface area contributed by atoms with Crippen LogP contribution >= 0.6 is 0 Å². The first-order valence-electron chi connectivity index (χ1n) is 5.70. The van der Waals surface area contributed by atoms with Crippen molar-refractivity contribution in [2.75, 3.05) is 11.9 Å². The number of primary amides is 1. The number of carbonyl (C=O) groups is 2. The largest absolute Gasteiger partial charge is 0.394 e. The van der Waals surface area contributed by atoms with Crippen LogP contribution < -0.4 is 11.1 Å². The van der Waals surface area contributed by atoms with Gasteiger partial charge in [0.15, 0.2) is 11.9 Å². The quantitative estimate of drug-likeness (QED) is 0.364. The zero-order valence-corrected chi connectivity index (χ0v) is 10.2. The van der Waals surface area contributed by atoms with Crippen molar-refractivity contribution in [3.05, 3.63) is 12.0 Å². The third kappa shape index (κ3) is 2.25. The number of imidazole rings is 1. The van der Waals surface area contributed by atoms with Crippen LogP contribution in [0.4, 0.5) is 5.82 Å². The summed E-state index contributed by atoms with van der Waals surface area (Å²) >= 11 is 0. The highest BCUT2D eigenvalue weighted by Gasteiger charge is 2.44. The molecule has 2 heterocycles. The van der Waals surface area contributed by atoms with E-state index in [1.807, 2.05) is 0 Å². The first kappa shape index (κ1) is 14.4. The fourth-order valence-corrected chi connectivity index (χ4v) is 2.04. The van der Waals surface area contributed by atoms with E-state index in [1.165, 1.54) is 0 Å². The van der Waals surface area contributed by atoms with Gasteiger partial charge < -0.3 is 31.1 Å². The van der Waals surface area contributed by atoms with Crippen molar-refractivity contribution in [2.24, 2.45) is 5.73 Å². The van der Waals surface area contributed by atoms with Crippen LogP contribution in [0, 0.1) is 0 Å². The zero-order chi connectivity index (χ0) is 14.9. The molecule has 0 unspecified atom stereocenters. The van der Waals surface area contributed by atoms with Gasteiger partial charge in [0.25, 0.3) is 5.91 Å². The lowest BCUT2D eigenvalue weighted by Crippen LogP contribution is -2.33. The molecule has 0 spiro atoms. The molecule has 0 aromatic carbocycles. The average Bonchev–Trinajstić information content (AvgIpc) is 2.94. The van der Waals surface area contributed by atoms with Crippen LogP contribution in [0.2, 0.25) is 0 Å². The minimum Gasteiger partial charge on any atom is -0.394 e. The number of nitrogens with one attached hydrogen (secondary N) is 1. The lowest BCUT2D eigenvalue weighted by molar-refractivity contribution is -0.105. The number of aromatic nitrogens is 2. The van der Waals surface area contributed by atoms with E-state index in [9.17, 15) is 19.8 Å². The molecule has 1 aliphatic rings. The second kappa shape index (κ2) is 5.54. The molecule has 2 rings (SSSR count). The van der Waals surface area contributed by atoms with E-state index in [0.29, 0.717) is 6.41 Å². The molecule has 4 atom stereocenters. The van der Waals surface area contributed by atoms with Crippen molar-refractivity contribution < 1.29 is 29.6 Å². The Balaban J connectivity index is 2.38. The average molecular weight is 286 g/mol. The number of rotatable bonds is 5. The van der Waals surface area contributed by atoms with E-state index >= 15 is 0 Å². The molecular formula is C10H14N4O6. The fourth-order valence-electron chi connectivity index (χ4n) is 2.04. The van der Waals surface area contributed by atoms with E-state index in [2.05, 4.69) is 10.3 Å². The van der Waals surface area contributed by atoms with Gasteiger partial charge >= 0.3 is 0 Å². The molecule has 10 nitrogen and oxygen atoms in total. The summed E-state index contributed by atoms with van der Waals surface area (Å²) in [4.78, 5) is 25.5. The number of hydrogen-bond acceptors (Lipinski definition) is 7. The van der Waals surface area contributed by atoms with Crippen molar-refractivity contribution in [3.63, 3.8) is 0 Å². The minimum atomic E-state index is -1.37. The molecular weight excluding hydrogens is 272 g/mol. The number of aliphatic hydroxyl groups is 3. The Morgan fingerprint density at radius 2 is 2.25 bits per heavy atom. The summed E-state index contributed by atoms with van der Waals surface area (Å²) in [6.45, 7) is -0.497.